The number of nitrogens with one attached hydrogen (secondary N) is 1. The van der Waals surface area contributed by atoms with E-state index in [1.165, 1.54) is 11.8 Å². The van der Waals surface area contributed by atoms with Gasteiger partial charge < -0.3 is 5.32 Å². The summed E-state index contributed by atoms with van der Waals surface area (Å²) < 4.78 is 1.98. The molecule has 0 radical (unpaired) electrons. The number of benzene rings is 1. The first-order chi connectivity index (χ1) is 15.1. The summed E-state index contributed by atoms with van der Waals surface area (Å²) in [5, 5.41) is 22.0. The van der Waals surface area contributed by atoms with Crippen molar-refractivity contribution in [2.45, 2.75) is 49.7 Å². The first-order valence-electron chi connectivity index (χ1n) is 10.4. The standard InChI is InChI=1S/C23H24N6OS/c1-17-7-3-4-8-19(17)29-21(18-9-13-25-14-10-18)27-28-22(29)31-15-20(30)26-23(16-24)11-5-2-6-12-23/h3-4,7-10,13-14H,2,5-6,11-12,15H2,1H3,(H,26,30). The number of hydrogen-bond acceptors (Lipinski definition) is 6. The average molecular weight is 433 g/mol. The normalized spacial score (nSPS) is 15.2. The number of aryl methyl sites for hydroxylation is 1. The van der Waals surface area contributed by atoms with Crippen molar-refractivity contribution in [3.63, 3.8) is 0 Å². The maximum absolute atomic E-state index is 12.7. The van der Waals surface area contributed by atoms with Gasteiger partial charge in [-0.1, -0.05) is 49.2 Å². The lowest BCUT2D eigenvalue weighted by molar-refractivity contribution is -0.120. The van der Waals surface area contributed by atoms with E-state index in [0.29, 0.717) is 23.8 Å². The number of nitriles is 1. The van der Waals surface area contributed by atoms with Crippen LogP contribution in [0.4, 0.5) is 0 Å². The lowest BCUT2D eigenvalue weighted by Gasteiger charge is -2.31. The summed E-state index contributed by atoms with van der Waals surface area (Å²) in [7, 11) is 0. The predicted octanol–water partition coefficient (Wildman–Crippen LogP) is 4.07. The van der Waals surface area contributed by atoms with Crippen LogP contribution in [0.5, 0.6) is 0 Å². The summed E-state index contributed by atoms with van der Waals surface area (Å²) in [5.74, 6) is 0.711. The van der Waals surface area contributed by atoms with Gasteiger partial charge in [0.1, 0.15) is 5.54 Å². The van der Waals surface area contributed by atoms with Gasteiger partial charge in [0.2, 0.25) is 5.91 Å². The van der Waals surface area contributed by atoms with Crippen LogP contribution in [-0.2, 0) is 4.79 Å². The molecule has 8 heteroatoms. The number of rotatable bonds is 6. The molecular weight excluding hydrogens is 408 g/mol. The second kappa shape index (κ2) is 9.31. The van der Waals surface area contributed by atoms with E-state index in [9.17, 15) is 10.1 Å². The average Bonchev–Trinajstić information content (AvgIpc) is 3.23. The smallest absolute Gasteiger partial charge is 0.231 e. The molecule has 1 aliphatic carbocycles. The Morgan fingerprint density at radius 3 is 2.61 bits per heavy atom. The number of aromatic nitrogens is 4. The van der Waals surface area contributed by atoms with E-state index in [-0.39, 0.29) is 11.7 Å². The second-order valence-electron chi connectivity index (χ2n) is 7.76. The summed E-state index contributed by atoms with van der Waals surface area (Å²) >= 11 is 1.32. The molecule has 1 aliphatic rings. The van der Waals surface area contributed by atoms with Gasteiger partial charge >= 0.3 is 0 Å². The van der Waals surface area contributed by atoms with Crippen molar-refractivity contribution >= 4 is 17.7 Å². The molecule has 0 unspecified atom stereocenters. The summed E-state index contributed by atoms with van der Waals surface area (Å²) in [6.07, 6.45) is 7.92. The van der Waals surface area contributed by atoms with Crippen LogP contribution in [0.15, 0.2) is 53.9 Å². The summed E-state index contributed by atoms with van der Waals surface area (Å²) in [4.78, 5) is 16.8. The highest BCUT2D eigenvalue weighted by Gasteiger charge is 2.33. The zero-order valence-electron chi connectivity index (χ0n) is 17.4. The zero-order chi connectivity index (χ0) is 21.7. The first kappa shape index (κ1) is 21.1. The van der Waals surface area contributed by atoms with Gasteiger partial charge in [-0.15, -0.1) is 10.2 Å². The number of para-hydroxylation sites is 1. The van der Waals surface area contributed by atoms with Gasteiger partial charge in [0, 0.05) is 18.0 Å². The van der Waals surface area contributed by atoms with Crippen molar-refractivity contribution < 1.29 is 4.79 Å². The fourth-order valence-electron chi connectivity index (χ4n) is 3.94. The molecule has 0 bridgehead atoms. The van der Waals surface area contributed by atoms with Gasteiger partial charge in [-0.2, -0.15) is 5.26 Å². The Morgan fingerprint density at radius 2 is 1.90 bits per heavy atom. The van der Waals surface area contributed by atoms with Crippen LogP contribution in [0.2, 0.25) is 0 Å². The number of nitrogens with zero attached hydrogens (tertiary/aromatic N) is 5. The quantitative estimate of drug-likeness (QED) is 0.590. The van der Waals surface area contributed by atoms with Crippen molar-refractivity contribution in [1.82, 2.24) is 25.1 Å². The van der Waals surface area contributed by atoms with Crippen molar-refractivity contribution in [3.8, 4) is 23.1 Å². The minimum atomic E-state index is -0.734. The van der Waals surface area contributed by atoms with Crippen molar-refractivity contribution in [1.29, 1.82) is 5.26 Å². The highest BCUT2D eigenvalue weighted by atomic mass is 32.2. The number of carbonyl (C=O) groups is 1. The number of carbonyl (C=O) groups excluding carboxylic acids is 1. The topological polar surface area (TPSA) is 96.5 Å². The molecule has 2 heterocycles. The third-order valence-electron chi connectivity index (χ3n) is 5.56. The molecule has 2 aromatic heterocycles. The van der Waals surface area contributed by atoms with E-state index in [1.807, 2.05) is 47.9 Å². The van der Waals surface area contributed by atoms with Crippen LogP contribution in [-0.4, -0.2) is 36.9 Å². The molecule has 3 aromatic rings. The molecule has 0 saturated heterocycles. The monoisotopic (exact) mass is 432 g/mol. The molecule has 0 atom stereocenters. The van der Waals surface area contributed by atoms with E-state index < -0.39 is 5.54 Å². The summed E-state index contributed by atoms with van der Waals surface area (Å²) in [6.45, 7) is 2.03. The molecule has 7 nitrogen and oxygen atoms in total. The van der Waals surface area contributed by atoms with Gasteiger partial charge in [0.15, 0.2) is 11.0 Å². The Balaban J connectivity index is 1.59. The molecule has 31 heavy (non-hydrogen) atoms. The molecule has 1 aromatic carbocycles. The predicted molar refractivity (Wildman–Crippen MR) is 120 cm³/mol. The molecule has 0 spiro atoms. The molecule has 1 saturated carbocycles. The Labute approximate surface area is 185 Å². The lowest BCUT2D eigenvalue weighted by Crippen LogP contribution is -2.49. The zero-order valence-corrected chi connectivity index (χ0v) is 18.2. The maximum Gasteiger partial charge on any atom is 0.231 e. The Bertz CT molecular complexity index is 1100. The van der Waals surface area contributed by atoms with Crippen molar-refractivity contribution in [2.24, 2.45) is 0 Å². The van der Waals surface area contributed by atoms with E-state index in [0.717, 1.165) is 36.1 Å². The molecule has 0 aliphatic heterocycles. The largest absolute Gasteiger partial charge is 0.337 e. The third-order valence-corrected chi connectivity index (χ3v) is 6.49. The third kappa shape index (κ3) is 4.62. The van der Waals surface area contributed by atoms with Crippen LogP contribution in [0.25, 0.3) is 17.1 Å². The van der Waals surface area contributed by atoms with Crippen LogP contribution in [0.1, 0.15) is 37.7 Å². The molecule has 1 fully saturated rings. The molecular formula is C23H24N6OS. The van der Waals surface area contributed by atoms with Gasteiger partial charge in [-0.05, 0) is 43.5 Å². The molecule has 158 valence electrons. The number of amides is 1. The van der Waals surface area contributed by atoms with E-state index >= 15 is 0 Å². The highest BCUT2D eigenvalue weighted by Crippen LogP contribution is 2.30. The van der Waals surface area contributed by atoms with Crippen molar-refractivity contribution in [2.75, 3.05) is 5.75 Å². The lowest BCUT2D eigenvalue weighted by atomic mass is 9.83. The van der Waals surface area contributed by atoms with E-state index in [1.54, 1.807) is 12.4 Å². The minimum absolute atomic E-state index is 0.154. The van der Waals surface area contributed by atoms with Crippen LogP contribution < -0.4 is 5.32 Å². The molecule has 4 rings (SSSR count). The van der Waals surface area contributed by atoms with Crippen molar-refractivity contribution in [3.05, 3.63) is 54.4 Å². The van der Waals surface area contributed by atoms with Crippen LogP contribution in [0.3, 0.4) is 0 Å². The van der Waals surface area contributed by atoms with Crippen LogP contribution in [0, 0.1) is 18.3 Å². The maximum atomic E-state index is 12.7. The second-order valence-corrected chi connectivity index (χ2v) is 8.70. The summed E-state index contributed by atoms with van der Waals surface area (Å²) in [5.41, 5.74) is 2.20. The van der Waals surface area contributed by atoms with E-state index in [2.05, 4.69) is 26.6 Å². The highest BCUT2D eigenvalue weighted by molar-refractivity contribution is 7.99. The fourth-order valence-corrected chi connectivity index (χ4v) is 4.68. The first-order valence-corrected chi connectivity index (χ1v) is 11.4. The minimum Gasteiger partial charge on any atom is -0.337 e. The number of thioether (sulfide) groups is 1. The fraction of sp³-hybridized carbons (Fsp3) is 0.348. The molecule has 1 N–H and O–H groups in total. The van der Waals surface area contributed by atoms with E-state index in [4.69, 9.17) is 0 Å². The SMILES string of the molecule is Cc1ccccc1-n1c(SCC(=O)NC2(C#N)CCCCC2)nnc1-c1ccncc1. The van der Waals surface area contributed by atoms with Gasteiger partial charge in [-0.3, -0.25) is 14.3 Å². The number of hydrogen-bond donors (Lipinski definition) is 1. The van der Waals surface area contributed by atoms with Gasteiger partial charge in [-0.25, -0.2) is 0 Å². The van der Waals surface area contributed by atoms with Gasteiger partial charge in [0.25, 0.3) is 0 Å². The Kier molecular flexibility index (Phi) is 6.33. The van der Waals surface area contributed by atoms with Crippen LogP contribution >= 0.6 is 11.8 Å². The molecule has 1 amide bonds. The Morgan fingerprint density at radius 1 is 1.16 bits per heavy atom. The van der Waals surface area contributed by atoms with Gasteiger partial charge in [0.05, 0.1) is 17.5 Å². The summed E-state index contributed by atoms with van der Waals surface area (Å²) in [6, 6.07) is 14.1. The number of pyridine rings is 1. The Hall–Kier alpha value is -3.18.